The molecule has 2 N–H and O–H groups in total. The first-order valence-electron chi connectivity index (χ1n) is 10.7. The van der Waals surface area contributed by atoms with Crippen LogP contribution in [0.15, 0.2) is 24.3 Å². The van der Waals surface area contributed by atoms with Crippen LogP contribution in [0.1, 0.15) is 55.8 Å². The molecule has 1 aliphatic rings. The number of thiazole rings is 1. The molecule has 1 aromatic carbocycles. The van der Waals surface area contributed by atoms with Gasteiger partial charge in [-0.2, -0.15) is 5.10 Å². The monoisotopic (exact) mass is 440 g/mol. The summed E-state index contributed by atoms with van der Waals surface area (Å²) < 4.78 is 1.13. The fourth-order valence-corrected chi connectivity index (χ4v) is 4.98. The molecule has 0 radical (unpaired) electrons. The Morgan fingerprint density at radius 1 is 1.29 bits per heavy atom. The number of hydrogen-bond donors (Lipinski definition) is 2. The highest BCUT2D eigenvalue weighted by Crippen LogP contribution is 2.31. The lowest BCUT2D eigenvalue weighted by Crippen LogP contribution is -2.39. The predicted molar refractivity (Wildman–Crippen MR) is 120 cm³/mol. The number of carbonyl (C=O) groups is 2. The smallest absolute Gasteiger partial charge is 0.223 e. The molecule has 31 heavy (non-hydrogen) atoms. The van der Waals surface area contributed by atoms with Crippen molar-refractivity contribution in [1.82, 2.24) is 30.4 Å². The van der Waals surface area contributed by atoms with Crippen molar-refractivity contribution in [2.75, 3.05) is 6.54 Å². The van der Waals surface area contributed by atoms with E-state index in [4.69, 9.17) is 0 Å². The van der Waals surface area contributed by atoms with Gasteiger partial charge in [-0.1, -0.05) is 26.0 Å². The van der Waals surface area contributed by atoms with Crippen molar-refractivity contribution in [3.63, 3.8) is 0 Å². The number of hydrogen-bond acceptors (Lipinski definition) is 6. The number of aryl methyl sites for hydroxylation is 2. The largest absolute Gasteiger partial charge is 0.351 e. The zero-order chi connectivity index (χ0) is 22.0. The van der Waals surface area contributed by atoms with Crippen molar-refractivity contribution >= 4 is 33.4 Å². The zero-order valence-electron chi connectivity index (χ0n) is 18.1. The summed E-state index contributed by atoms with van der Waals surface area (Å²) in [7, 11) is 0. The Bertz CT molecular complexity index is 1040. The van der Waals surface area contributed by atoms with Crippen molar-refractivity contribution in [3.8, 4) is 0 Å². The maximum Gasteiger partial charge on any atom is 0.223 e. The number of para-hydroxylation sites is 1. The fourth-order valence-electron chi connectivity index (χ4n) is 4.01. The molecule has 3 aromatic rings. The van der Waals surface area contributed by atoms with E-state index in [1.165, 1.54) is 0 Å². The molecule has 8 nitrogen and oxygen atoms in total. The van der Waals surface area contributed by atoms with Gasteiger partial charge in [0.25, 0.3) is 0 Å². The minimum atomic E-state index is -0.239. The molecule has 0 saturated carbocycles. The van der Waals surface area contributed by atoms with Crippen LogP contribution in [0.4, 0.5) is 0 Å². The Labute approximate surface area is 185 Å². The van der Waals surface area contributed by atoms with Gasteiger partial charge >= 0.3 is 0 Å². The van der Waals surface area contributed by atoms with Crippen LogP contribution >= 0.6 is 11.3 Å². The number of nitrogens with zero attached hydrogens (tertiary/aromatic N) is 4. The van der Waals surface area contributed by atoms with Gasteiger partial charge in [0, 0.05) is 31.8 Å². The summed E-state index contributed by atoms with van der Waals surface area (Å²) in [6, 6.07) is 7.67. The molecule has 164 valence electrons. The number of fused-ring (bicyclic) bond motifs is 1. The van der Waals surface area contributed by atoms with Gasteiger partial charge in [0.05, 0.1) is 21.3 Å². The molecular weight excluding hydrogens is 412 g/mol. The van der Waals surface area contributed by atoms with Crippen LogP contribution in [0.5, 0.6) is 0 Å². The molecule has 1 fully saturated rings. The molecule has 2 aromatic heterocycles. The molecule has 0 spiro atoms. The zero-order valence-corrected chi connectivity index (χ0v) is 18.9. The molecule has 0 bridgehead atoms. The number of H-pyrrole nitrogens is 1. The number of carbonyl (C=O) groups excluding carboxylic acids is 2. The number of amides is 2. The van der Waals surface area contributed by atoms with Crippen LogP contribution < -0.4 is 5.32 Å². The average Bonchev–Trinajstić information content (AvgIpc) is 3.42. The molecule has 0 unspecified atom stereocenters. The Morgan fingerprint density at radius 3 is 2.81 bits per heavy atom. The van der Waals surface area contributed by atoms with Crippen molar-refractivity contribution in [1.29, 1.82) is 0 Å². The number of benzene rings is 1. The van der Waals surface area contributed by atoms with Crippen LogP contribution in [0, 0.1) is 12.8 Å². The molecular formula is C22H28N6O2S. The molecule has 2 amide bonds. The van der Waals surface area contributed by atoms with Crippen molar-refractivity contribution in [2.24, 2.45) is 5.92 Å². The van der Waals surface area contributed by atoms with E-state index >= 15 is 0 Å². The van der Waals surface area contributed by atoms with Crippen molar-refractivity contribution in [2.45, 2.75) is 58.5 Å². The fraction of sp³-hybridized carbons (Fsp3) is 0.500. The van der Waals surface area contributed by atoms with E-state index in [0.29, 0.717) is 49.8 Å². The first kappa shape index (κ1) is 21.4. The SMILES string of the molecule is Cc1nc([C@@H]2C[C@H](NC(=O)CC(C)C)CN2C(=O)CCc2nc3ccccc3s2)n[nH]1. The third-order valence-electron chi connectivity index (χ3n) is 5.38. The van der Waals surface area contributed by atoms with Crippen molar-refractivity contribution < 1.29 is 9.59 Å². The molecule has 1 aliphatic heterocycles. The lowest BCUT2D eigenvalue weighted by molar-refractivity contribution is -0.132. The Balaban J connectivity index is 1.44. The summed E-state index contributed by atoms with van der Waals surface area (Å²) >= 11 is 1.63. The Kier molecular flexibility index (Phi) is 6.31. The van der Waals surface area contributed by atoms with Gasteiger partial charge in [0.1, 0.15) is 5.82 Å². The highest BCUT2D eigenvalue weighted by molar-refractivity contribution is 7.18. The van der Waals surface area contributed by atoms with Gasteiger partial charge in [-0.15, -0.1) is 11.3 Å². The van der Waals surface area contributed by atoms with E-state index < -0.39 is 0 Å². The maximum absolute atomic E-state index is 13.2. The van der Waals surface area contributed by atoms with Gasteiger partial charge in [-0.05, 0) is 31.4 Å². The molecule has 1 saturated heterocycles. The molecule has 4 rings (SSSR count). The van der Waals surface area contributed by atoms with Crippen LogP contribution in [0.2, 0.25) is 0 Å². The lowest BCUT2D eigenvalue weighted by atomic mass is 10.1. The van der Waals surface area contributed by atoms with Gasteiger partial charge < -0.3 is 10.2 Å². The number of aromatic nitrogens is 4. The number of nitrogens with one attached hydrogen (secondary N) is 2. The highest BCUT2D eigenvalue weighted by atomic mass is 32.1. The van der Waals surface area contributed by atoms with E-state index in [-0.39, 0.29) is 23.9 Å². The second-order valence-corrected chi connectivity index (χ2v) is 9.63. The summed E-state index contributed by atoms with van der Waals surface area (Å²) in [6.07, 6.45) is 2.06. The van der Waals surface area contributed by atoms with Gasteiger partial charge in [-0.25, -0.2) is 9.97 Å². The molecule has 2 atom stereocenters. The third kappa shape index (κ3) is 5.10. The van der Waals surface area contributed by atoms with E-state index in [0.717, 1.165) is 15.2 Å². The van der Waals surface area contributed by atoms with Gasteiger partial charge in [0.15, 0.2) is 5.82 Å². The van der Waals surface area contributed by atoms with E-state index in [9.17, 15) is 9.59 Å². The number of likely N-dealkylation sites (tertiary alicyclic amines) is 1. The molecule has 3 heterocycles. The van der Waals surface area contributed by atoms with Crippen LogP contribution in [-0.4, -0.2) is 49.5 Å². The quantitative estimate of drug-likeness (QED) is 0.587. The van der Waals surface area contributed by atoms with Gasteiger partial charge in [0.2, 0.25) is 11.8 Å². The number of aromatic amines is 1. The molecule has 0 aliphatic carbocycles. The average molecular weight is 441 g/mol. The standard InChI is InChI=1S/C22H28N6O2S/c1-13(2)10-19(29)24-15-11-17(22-23-14(3)26-27-22)28(12-15)21(30)9-8-20-25-16-6-4-5-7-18(16)31-20/h4-7,13,15,17H,8-12H2,1-3H3,(H,24,29)(H,23,26,27)/t15-,17-/m0/s1. The predicted octanol–water partition coefficient (Wildman–Crippen LogP) is 3.16. The van der Waals surface area contributed by atoms with E-state index in [1.54, 1.807) is 11.3 Å². The highest BCUT2D eigenvalue weighted by Gasteiger charge is 2.38. The third-order valence-corrected chi connectivity index (χ3v) is 6.48. The normalized spacial score (nSPS) is 18.8. The Hall–Kier alpha value is -2.81. The van der Waals surface area contributed by atoms with Crippen LogP contribution in [0.25, 0.3) is 10.2 Å². The van der Waals surface area contributed by atoms with E-state index in [1.807, 2.05) is 49.9 Å². The Morgan fingerprint density at radius 2 is 2.10 bits per heavy atom. The summed E-state index contributed by atoms with van der Waals surface area (Å²) in [5.74, 6) is 1.66. The minimum absolute atomic E-state index is 0.0219. The number of rotatable bonds is 7. The second-order valence-electron chi connectivity index (χ2n) is 8.51. The van der Waals surface area contributed by atoms with Crippen LogP contribution in [-0.2, 0) is 16.0 Å². The van der Waals surface area contributed by atoms with Crippen molar-refractivity contribution in [3.05, 3.63) is 40.9 Å². The summed E-state index contributed by atoms with van der Waals surface area (Å²) in [5.41, 5.74) is 0.970. The first-order chi connectivity index (χ1) is 14.9. The molecule has 9 heteroatoms. The maximum atomic E-state index is 13.2. The summed E-state index contributed by atoms with van der Waals surface area (Å²) in [4.78, 5) is 36.3. The summed E-state index contributed by atoms with van der Waals surface area (Å²) in [6.45, 7) is 6.35. The summed E-state index contributed by atoms with van der Waals surface area (Å²) in [5, 5.41) is 11.2. The topological polar surface area (TPSA) is 104 Å². The minimum Gasteiger partial charge on any atom is -0.351 e. The lowest BCUT2D eigenvalue weighted by Gasteiger charge is -2.22. The van der Waals surface area contributed by atoms with Gasteiger partial charge in [-0.3, -0.25) is 14.7 Å². The second kappa shape index (κ2) is 9.13. The van der Waals surface area contributed by atoms with Crippen LogP contribution in [0.3, 0.4) is 0 Å². The first-order valence-corrected chi connectivity index (χ1v) is 11.5. The van der Waals surface area contributed by atoms with E-state index in [2.05, 4.69) is 25.5 Å².